The van der Waals surface area contributed by atoms with Crippen molar-refractivity contribution in [2.45, 2.75) is 27.1 Å². The van der Waals surface area contributed by atoms with Gasteiger partial charge in [-0.05, 0) is 61.4 Å². The molecule has 0 aliphatic heterocycles. The number of rotatable bonds is 9. The first-order valence-corrected chi connectivity index (χ1v) is 12.0. The van der Waals surface area contributed by atoms with Crippen LogP contribution in [0.2, 0.25) is 0 Å². The molecule has 37 heavy (non-hydrogen) atoms. The molecule has 4 aromatic carbocycles. The fourth-order valence-electron chi connectivity index (χ4n) is 3.56. The monoisotopic (exact) mass is 488 g/mol. The molecule has 5 nitrogen and oxygen atoms in total. The van der Waals surface area contributed by atoms with Crippen LogP contribution in [0.25, 0.3) is 6.08 Å². The van der Waals surface area contributed by atoms with Crippen molar-refractivity contribution in [3.63, 3.8) is 0 Å². The van der Waals surface area contributed by atoms with Crippen molar-refractivity contribution in [3.8, 4) is 17.6 Å². The Bertz CT molecular complexity index is 1420. The Hall–Kier alpha value is -4.82. The molecule has 4 rings (SSSR count). The maximum absolute atomic E-state index is 12.8. The second-order valence-corrected chi connectivity index (χ2v) is 8.73. The SMILES string of the molecule is Cc1ccc(COc2ccc(NC(=O)/C(C#N)=C/c3ccccc3OCc3ccc(C)cc3)cc2)cc1. The van der Waals surface area contributed by atoms with Crippen molar-refractivity contribution in [2.24, 2.45) is 0 Å². The number of anilines is 1. The Morgan fingerprint density at radius 2 is 1.35 bits per heavy atom. The van der Waals surface area contributed by atoms with Gasteiger partial charge in [-0.25, -0.2) is 0 Å². The molecule has 0 atom stereocenters. The summed E-state index contributed by atoms with van der Waals surface area (Å²) in [5.41, 5.74) is 5.70. The van der Waals surface area contributed by atoms with Crippen LogP contribution in [-0.2, 0) is 18.0 Å². The van der Waals surface area contributed by atoms with E-state index in [4.69, 9.17) is 9.47 Å². The minimum atomic E-state index is -0.496. The topological polar surface area (TPSA) is 71.3 Å². The lowest BCUT2D eigenvalue weighted by molar-refractivity contribution is -0.112. The highest BCUT2D eigenvalue weighted by molar-refractivity contribution is 6.09. The number of nitrogens with zero attached hydrogens (tertiary/aromatic N) is 1. The number of hydrogen-bond acceptors (Lipinski definition) is 4. The van der Waals surface area contributed by atoms with E-state index in [2.05, 4.69) is 5.32 Å². The number of carbonyl (C=O) groups excluding carboxylic acids is 1. The summed E-state index contributed by atoms with van der Waals surface area (Å²) in [6.45, 7) is 4.92. The molecule has 0 saturated heterocycles. The van der Waals surface area contributed by atoms with E-state index >= 15 is 0 Å². The summed E-state index contributed by atoms with van der Waals surface area (Å²) >= 11 is 0. The number of amides is 1. The molecule has 184 valence electrons. The highest BCUT2D eigenvalue weighted by Gasteiger charge is 2.12. The normalized spacial score (nSPS) is 10.9. The van der Waals surface area contributed by atoms with Crippen LogP contribution < -0.4 is 14.8 Å². The lowest BCUT2D eigenvalue weighted by atomic mass is 10.1. The van der Waals surface area contributed by atoms with Gasteiger partial charge in [-0.2, -0.15) is 5.26 Å². The van der Waals surface area contributed by atoms with Crippen molar-refractivity contribution in [3.05, 3.63) is 130 Å². The van der Waals surface area contributed by atoms with E-state index in [0.717, 1.165) is 11.1 Å². The first-order valence-electron chi connectivity index (χ1n) is 12.0. The number of carbonyl (C=O) groups is 1. The predicted octanol–water partition coefficient (Wildman–Crippen LogP) is 7.01. The highest BCUT2D eigenvalue weighted by Crippen LogP contribution is 2.23. The van der Waals surface area contributed by atoms with Gasteiger partial charge in [0.05, 0.1) is 0 Å². The molecule has 0 aliphatic rings. The van der Waals surface area contributed by atoms with E-state index in [1.807, 2.05) is 92.7 Å². The summed E-state index contributed by atoms with van der Waals surface area (Å²) < 4.78 is 11.8. The molecular weight excluding hydrogens is 460 g/mol. The summed E-state index contributed by atoms with van der Waals surface area (Å²) in [6.07, 6.45) is 1.54. The number of para-hydroxylation sites is 1. The van der Waals surface area contributed by atoms with Gasteiger partial charge in [0.2, 0.25) is 0 Å². The third-order valence-corrected chi connectivity index (χ3v) is 5.74. The highest BCUT2D eigenvalue weighted by atomic mass is 16.5. The van der Waals surface area contributed by atoms with Crippen LogP contribution in [0, 0.1) is 25.2 Å². The van der Waals surface area contributed by atoms with Crippen LogP contribution in [0.4, 0.5) is 5.69 Å². The minimum absolute atomic E-state index is 0.0221. The molecule has 0 heterocycles. The third kappa shape index (κ3) is 7.33. The molecule has 1 amide bonds. The largest absolute Gasteiger partial charge is 0.489 e. The average molecular weight is 489 g/mol. The van der Waals surface area contributed by atoms with Gasteiger partial charge in [0.25, 0.3) is 5.91 Å². The third-order valence-electron chi connectivity index (χ3n) is 5.74. The van der Waals surface area contributed by atoms with Gasteiger partial charge >= 0.3 is 0 Å². The molecule has 4 aromatic rings. The number of nitrogens with one attached hydrogen (secondary N) is 1. The Morgan fingerprint density at radius 1 is 0.784 bits per heavy atom. The molecule has 0 spiro atoms. The maximum Gasteiger partial charge on any atom is 0.266 e. The Kier molecular flexibility index (Phi) is 8.36. The van der Waals surface area contributed by atoms with Crippen LogP contribution in [0.3, 0.4) is 0 Å². The Labute approximate surface area is 217 Å². The van der Waals surface area contributed by atoms with Gasteiger partial charge in [0, 0.05) is 11.3 Å². The van der Waals surface area contributed by atoms with E-state index in [0.29, 0.717) is 36.0 Å². The zero-order valence-corrected chi connectivity index (χ0v) is 20.9. The van der Waals surface area contributed by atoms with Crippen molar-refractivity contribution >= 4 is 17.7 Å². The van der Waals surface area contributed by atoms with Crippen LogP contribution in [0.15, 0.2) is 103 Å². The first-order chi connectivity index (χ1) is 18.0. The molecule has 0 aromatic heterocycles. The fraction of sp³-hybridized carbons (Fsp3) is 0.125. The predicted molar refractivity (Wildman–Crippen MR) is 146 cm³/mol. The zero-order chi connectivity index (χ0) is 26.0. The Balaban J connectivity index is 1.38. The van der Waals surface area contributed by atoms with Crippen molar-refractivity contribution < 1.29 is 14.3 Å². The zero-order valence-electron chi connectivity index (χ0n) is 20.9. The molecule has 0 bridgehead atoms. The van der Waals surface area contributed by atoms with Crippen LogP contribution in [0.5, 0.6) is 11.5 Å². The lowest BCUT2D eigenvalue weighted by Crippen LogP contribution is -2.13. The lowest BCUT2D eigenvalue weighted by Gasteiger charge is -2.11. The van der Waals surface area contributed by atoms with E-state index in [9.17, 15) is 10.1 Å². The van der Waals surface area contributed by atoms with E-state index < -0.39 is 5.91 Å². The first kappa shape index (κ1) is 25.3. The van der Waals surface area contributed by atoms with E-state index in [1.165, 1.54) is 11.1 Å². The van der Waals surface area contributed by atoms with E-state index in [1.54, 1.807) is 30.3 Å². The number of hydrogen-bond donors (Lipinski definition) is 1. The molecule has 0 saturated carbocycles. The molecule has 5 heteroatoms. The minimum Gasteiger partial charge on any atom is -0.489 e. The maximum atomic E-state index is 12.8. The summed E-state index contributed by atoms with van der Waals surface area (Å²) in [7, 11) is 0. The van der Waals surface area contributed by atoms with Gasteiger partial charge in [-0.3, -0.25) is 4.79 Å². The molecule has 0 aliphatic carbocycles. The van der Waals surface area contributed by atoms with Gasteiger partial charge in [-0.15, -0.1) is 0 Å². The summed E-state index contributed by atoms with van der Waals surface area (Å²) in [5.74, 6) is 0.789. The molecule has 0 radical (unpaired) electrons. The van der Waals surface area contributed by atoms with Crippen LogP contribution in [-0.4, -0.2) is 5.91 Å². The average Bonchev–Trinajstić information content (AvgIpc) is 2.92. The summed E-state index contributed by atoms with van der Waals surface area (Å²) in [4.78, 5) is 12.8. The van der Waals surface area contributed by atoms with Gasteiger partial charge in [0.1, 0.15) is 36.4 Å². The van der Waals surface area contributed by atoms with Crippen molar-refractivity contribution in [1.29, 1.82) is 5.26 Å². The van der Waals surface area contributed by atoms with Crippen LogP contribution >= 0.6 is 0 Å². The summed E-state index contributed by atoms with van der Waals surface area (Å²) in [5, 5.41) is 12.4. The van der Waals surface area contributed by atoms with Gasteiger partial charge in [0.15, 0.2) is 0 Å². The quantitative estimate of drug-likeness (QED) is 0.203. The number of benzene rings is 4. The standard InChI is InChI=1S/C32H28N2O3/c1-23-7-11-25(12-8-23)21-36-30-17-15-29(16-18-30)34-32(35)28(20-33)19-27-5-3-4-6-31(27)37-22-26-13-9-24(2)10-14-26/h3-19H,21-22H2,1-2H3,(H,34,35)/b28-19+. The second-order valence-electron chi connectivity index (χ2n) is 8.73. The van der Waals surface area contributed by atoms with Crippen LogP contribution in [0.1, 0.15) is 27.8 Å². The van der Waals surface area contributed by atoms with E-state index in [-0.39, 0.29) is 5.57 Å². The number of aryl methyl sites for hydroxylation is 2. The Morgan fingerprint density at radius 3 is 1.95 bits per heavy atom. The number of ether oxygens (including phenoxy) is 2. The second kappa shape index (κ2) is 12.2. The summed E-state index contributed by atoms with van der Waals surface area (Å²) in [6, 6.07) is 32.7. The molecule has 1 N–H and O–H groups in total. The smallest absolute Gasteiger partial charge is 0.266 e. The molecular formula is C32H28N2O3. The van der Waals surface area contributed by atoms with Crippen molar-refractivity contribution in [1.82, 2.24) is 0 Å². The fourth-order valence-corrected chi connectivity index (χ4v) is 3.56. The van der Waals surface area contributed by atoms with Crippen molar-refractivity contribution in [2.75, 3.05) is 5.32 Å². The molecule has 0 unspecified atom stereocenters. The molecule has 0 fully saturated rings. The van der Waals surface area contributed by atoms with Gasteiger partial charge in [-0.1, -0.05) is 77.9 Å². The number of nitriles is 1. The van der Waals surface area contributed by atoms with Gasteiger partial charge < -0.3 is 14.8 Å².